The van der Waals surface area contributed by atoms with E-state index in [1.54, 1.807) is 39.8 Å². The molecule has 0 spiro atoms. The molecule has 13 nitrogen and oxygen atoms in total. The van der Waals surface area contributed by atoms with Crippen molar-refractivity contribution in [2.45, 2.75) is 72.6 Å². The summed E-state index contributed by atoms with van der Waals surface area (Å²) >= 11 is 0. The summed E-state index contributed by atoms with van der Waals surface area (Å²) < 4.78 is 22.6. The van der Waals surface area contributed by atoms with Crippen LogP contribution in [0.5, 0.6) is 23.0 Å². The van der Waals surface area contributed by atoms with Gasteiger partial charge in [-0.05, 0) is 31.8 Å². The SMILES string of the molecule is COC(=O)[C@H]1[C@@H](C)[C@@H](OC)/C=C/O[C@@]2(C)Oc3c(C)c(O)c4c(O)c(cc(O)c4c3C2=O)NC(=O)/C(C)=C\C=C\[C@@H](C)[C@@H](O)C(C)[C@H](O)[C@@H]1C. The molecule has 1 unspecified atom stereocenters. The second kappa shape index (κ2) is 14.7. The molecule has 3 aliphatic rings. The van der Waals surface area contributed by atoms with Gasteiger partial charge < -0.3 is 49.8 Å². The quantitative estimate of drug-likeness (QED) is 0.145. The smallest absolute Gasteiger partial charge is 0.312 e. The van der Waals surface area contributed by atoms with Crippen LogP contribution in [0.2, 0.25) is 0 Å². The van der Waals surface area contributed by atoms with E-state index in [4.69, 9.17) is 18.9 Å². The van der Waals surface area contributed by atoms with Crippen LogP contribution in [-0.2, 0) is 23.8 Å². The monoisotopic (exact) mass is 697 g/mol. The fraction of sp³-hybridized carbons (Fsp3) is 0.486. The van der Waals surface area contributed by atoms with Gasteiger partial charge in [0.25, 0.3) is 11.7 Å². The third-order valence-corrected chi connectivity index (χ3v) is 10.1. The van der Waals surface area contributed by atoms with E-state index in [0.717, 1.165) is 6.07 Å². The number of phenolic OH excluding ortho intramolecular Hbond substituents is 3. The van der Waals surface area contributed by atoms with E-state index < -0.39 is 88.6 Å². The van der Waals surface area contributed by atoms with Crippen molar-refractivity contribution in [3.63, 3.8) is 0 Å². The summed E-state index contributed by atoms with van der Waals surface area (Å²) in [7, 11) is 2.66. The van der Waals surface area contributed by atoms with Crippen LogP contribution in [0, 0.1) is 36.5 Å². The predicted molar refractivity (Wildman–Crippen MR) is 184 cm³/mol. The summed E-state index contributed by atoms with van der Waals surface area (Å²) in [5.74, 6) is -9.04. The maximum Gasteiger partial charge on any atom is 0.312 e. The minimum Gasteiger partial charge on any atom is -0.507 e. The Morgan fingerprint density at radius 2 is 1.58 bits per heavy atom. The average Bonchev–Trinajstić information content (AvgIpc) is 3.34. The number of anilines is 1. The van der Waals surface area contributed by atoms with E-state index in [0.29, 0.717) is 0 Å². The first kappa shape index (κ1) is 38.2. The number of amides is 1. The van der Waals surface area contributed by atoms with E-state index in [-0.39, 0.29) is 38.9 Å². The molecule has 3 heterocycles. The lowest BCUT2D eigenvalue weighted by Crippen LogP contribution is -2.45. The molecule has 5 rings (SSSR count). The molecule has 0 saturated heterocycles. The number of aliphatic hydroxyl groups excluding tert-OH is 2. The number of hydrogen-bond donors (Lipinski definition) is 6. The predicted octanol–water partition coefficient (Wildman–Crippen LogP) is 4.61. The molecule has 50 heavy (non-hydrogen) atoms. The number of ether oxygens (including phenoxy) is 4. The van der Waals surface area contributed by atoms with Gasteiger partial charge in [-0.3, -0.25) is 14.4 Å². The number of hydrogen-bond acceptors (Lipinski definition) is 12. The number of rotatable bonds is 2. The number of aliphatic hydroxyl groups is 2. The number of esters is 1. The second-order valence-electron chi connectivity index (χ2n) is 13.4. The molecule has 9 atom stereocenters. The minimum absolute atomic E-state index is 0.0736. The van der Waals surface area contributed by atoms with Gasteiger partial charge >= 0.3 is 11.8 Å². The molecule has 0 fully saturated rings. The number of fused-ring (bicyclic) bond motifs is 14. The maximum atomic E-state index is 13.9. The van der Waals surface area contributed by atoms with Crippen LogP contribution in [0.4, 0.5) is 5.69 Å². The number of aromatic hydroxyl groups is 3. The zero-order valence-electron chi connectivity index (χ0n) is 29.7. The summed E-state index contributed by atoms with van der Waals surface area (Å²) in [6.07, 6.45) is 4.39. The van der Waals surface area contributed by atoms with Crippen LogP contribution in [0.1, 0.15) is 57.5 Å². The molecular weight excluding hydrogens is 650 g/mol. The molecule has 272 valence electrons. The third kappa shape index (κ3) is 6.77. The summed E-state index contributed by atoms with van der Waals surface area (Å²) in [6.45, 7) is 11.2. The number of ketones is 1. The molecule has 2 aromatic rings. The van der Waals surface area contributed by atoms with E-state index in [1.165, 1.54) is 53.4 Å². The summed E-state index contributed by atoms with van der Waals surface area (Å²) in [4.78, 5) is 40.2. The van der Waals surface area contributed by atoms with Gasteiger partial charge in [0.05, 0.1) is 54.2 Å². The Morgan fingerprint density at radius 3 is 2.20 bits per heavy atom. The molecule has 0 aliphatic carbocycles. The topological polar surface area (TPSA) is 201 Å². The van der Waals surface area contributed by atoms with Gasteiger partial charge in [-0.2, -0.15) is 0 Å². The van der Waals surface area contributed by atoms with Crippen molar-refractivity contribution in [1.29, 1.82) is 0 Å². The van der Waals surface area contributed by atoms with Crippen LogP contribution in [0.25, 0.3) is 10.8 Å². The van der Waals surface area contributed by atoms with Gasteiger partial charge in [0.1, 0.15) is 17.2 Å². The first-order chi connectivity index (χ1) is 23.4. The highest BCUT2D eigenvalue weighted by molar-refractivity contribution is 6.21. The van der Waals surface area contributed by atoms with Crippen LogP contribution < -0.4 is 10.1 Å². The minimum atomic E-state index is -1.99. The number of carbonyl (C=O) groups is 3. The highest BCUT2D eigenvalue weighted by Crippen LogP contribution is 2.53. The lowest BCUT2D eigenvalue weighted by molar-refractivity contribution is -0.155. The lowest BCUT2D eigenvalue weighted by Gasteiger charge is -2.37. The van der Waals surface area contributed by atoms with Crippen molar-refractivity contribution in [1.82, 2.24) is 0 Å². The fourth-order valence-electron chi connectivity index (χ4n) is 6.84. The number of Topliss-reactive ketones (excluding diaryl/α,β-unsaturated/α-hetero) is 1. The zero-order chi connectivity index (χ0) is 37.4. The standard InChI is InChI=1S/C37H47NO12/c1-16-11-10-12-17(2)35(45)38-22-15-23(39)26-27(32(22)43)31(42)21(6)33-28(26)34(44)37(7,50-33)49-14-13-24(47-8)18(3)25(36(46)48-9)19(4)30(41)20(5)29(16)40/h10-16,18-20,24-25,29-30,39-43H,1-9H3,(H,38,45)/b11-10+,14-13+,17-12-/t16-,18+,19-,20?,24+,25+,29-,30-,37+/m1/s1. The Hall–Kier alpha value is -4.59. The molecule has 1 amide bonds. The fourth-order valence-corrected chi connectivity index (χ4v) is 6.84. The Kier molecular flexibility index (Phi) is 11.2. The second-order valence-corrected chi connectivity index (χ2v) is 13.4. The van der Waals surface area contributed by atoms with Gasteiger partial charge in [0.2, 0.25) is 0 Å². The van der Waals surface area contributed by atoms with Crippen LogP contribution in [-0.4, -0.2) is 81.5 Å². The first-order valence-electron chi connectivity index (χ1n) is 16.4. The lowest BCUT2D eigenvalue weighted by atomic mass is 9.73. The highest BCUT2D eigenvalue weighted by Gasteiger charge is 2.49. The molecule has 5 bridgehead atoms. The normalized spacial score (nSPS) is 33.2. The third-order valence-electron chi connectivity index (χ3n) is 10.1. The van der Waals surface area contributed by atoms with E-state index >= 15 is 0 Å². The van der Waals surface area contributed by atoms with E-state index in [9.17, 15) is 39.9 Å². The zero-order valence-corrected chi connectivity index (χ0v) is 29.7. The highest BCUT2D eigenvalue weighted by atomic mass is 16.7. The van der Waals surface area contributed by atoms with Gasteiger partial charge in [-0.25, -0.2) is 0 Å². The van der Waals surface area contributed by atoms with E-state index in [1.807, 2.05) is 0 Å². The van der Waals surface area contributed by atoms with E-state index in [2.05, 4.69) is 5.32 Å². The largest absolute Gasteiger partial charge is 0.507 e. The average molecular weight is 698 g/mol. The molecule has 3 aliphatic heterocycles. The van der Waals surface area contributed by atoms with Crippen LogP contribution in [0.3, 0.4) is 0 Å². The number of allylic oxidation sites excluding steroid dienone is 2. The number of methoxy groups -OCH3 is 2. The number of carbonyl (C=O) groups excluding carboxylic acids is 3. The molecule has 6 N–H and O–H groups in total. The van der Waals surface area contributed by atoms with Crippen molar-refractivity contribution >= 4 is 34.1 Å². The maximum absolute atomic E-state index is 13.9. The Labute approximate surface area is 290 Å². The van der Waals surface area contributed by atoms with Crippen LogP contribution >= 0.6 is 0 Å². The molecular formula is C37H47NO12. The summed E-state index contributed by atoms with van der Waals surface area (Å²) in [5.41, 5.74) is -0.105. The number of benzene rings is 2. The number of phenols is 3. The van der Waals surface area contributed by atoms with Gasteiger partial charge in [-0.15, -0.1) is 0 Å². The first-order valence-corrected chi connectivity index (χ1v) is 16.4. The molecule has 0 aromatic heterocycles. The van der Waals surface area contributed by atoms with Crippen LogP contribution in [0.15, 0.2) is 42.2 Å². The van der Waals surface area contributed by atoms with Crippen molar-refractivity contribution in [3.05, 3.63) is 53.3 Å². The Balaban J connectivity index is 1.88. The molecule has 0 saturated carbocycles. The summed E-state index contributed by atoms with van der Waals surface area (Å²) in [5, 5.41) is 58.2. The summed E-state index contributed by atoms with van der Waals surface area (Å²) in [6, 6.07) is 1.06. The van der Waals surface area contributed by atoms with Gasteiger partial charge in [-0.1, -0.05) is 45.9 Å². The van der Waals surface area contributed by atoms with Gasteiger partial charge in [0.15, 0.2) is 5.75 Å². The molecule has 13 heteroatoms. The van der Waals surface area contributed by atoms with Crippen molar-refractivity contribution < 1.29 is 58.9 Å². The Bertz CT molecular complexity index is 1760. The molecule has 2 aromatic carbocycles. The molecule has 0 radical (unpaired) electrons. The van der Waals surface area contributed by atoms with Crippen molar-refractivity contribution in [2.24, 2.45) is 29.6 Å². The van der Waals surface area contributed by atoms with Crippen molar-refractivity contribution in [3.8, 4) is 23.0 Å². The van der Waals surface area contributed by atoms with Crippen molar-refractivity contribution in [2.75, 3.05) is 19.5 Å². The number of nitrogens with one attached hydrogen (secondary N) is 1. The van der Waals surface area contributed by atoms with Gasteiger partial charge in [0, 0.05) is 48.5 Å². The Morgan fingerprint density at radius 1 is 0.920 bits per heavy atom.